The number of likely N-dealkylation sites (N-methyl/N-ethyl adjacent to an activating group) is 1. The second-order valence-corrected chi connectivity index (χ2v) is 11.0. The average molecular weight is 579 g/mol. The number of halogens is 2. The number of carbonyl (C=O) groups is 2. The Morgan fingerprint density at radius 1 is 1.00 bits per heavy atom. The van der Waals surface area contributed by atoms with Crippen molar-refractivity contribution < 1.29 is 22.7 Å². The van der Waals surface area contributed by atoms with Gasteiger partial charge in [0, 0.05) is 18.6 Å². The quantitative estimate of drug-likeness (QED) is 0.354. The highest BCUT2D eigenvalue weighted by Gasteiger charge is 2.34. The van der Waals surface area contributed by atoms with Gasteiger partial charge in [-0.3, -0.25) is 13.9 Å². The van der Waals surface area contributed by atoms with Crippen molar-refractivity contribution in [2.24, 2.45) is 0 Å². The zero-order chi connectivity index (χ0) is 27.9. The van der Waals surface area contributed by atoms with Crippen LogP contribution in [0.15, 0.2) is 77.7 Å². The number of rotatable bonds is 11. The van der Waals surface area contributed by atoms with Crippen LogP contribution < -0.4 is 14.4 Å². The van der Waals surface area contributed by atoms with Crippen LogP contribution in [0.2, 0.25) is 10.0 Å². The molecule has 3 aromatic carbocycles. The fourth-order valence-electron chi connectivity index (χ4n) is 3.96. The molecule has 3 aromatic rings. The van der Waals surface area contributed by atoms with Crippen molar-refractivity contribution in [2.45, 2.75) is 30.8 Å². The second kappa shape index (κ2) is 13.0. The number of amides is 2. The molecule has 0 aromatic heterocycles. The van der Waals surface area contributed by atoms with Gasteiger partial charge in [0.25, 0.3) is 10.0 Å². The summed E-state index contributed by atoms with van der Waals surface area (Å²) in [5.41, 5.74) is 0.754. The van der Waals surface area contributed by atoms with Crippen LogP contribution in [0.1, 0.15) is 18.9 Å². The Morgan fingerprint density at radius 2 is 1.71 bits per heavy atom. The molecule has 1 atom stereocenters. The molecule has 0 fully saturated rings. The maximum absolute atomic E-state index is 13.9. The van der Waals surface area contributed by atoms with Crippen LogP contribution in [-0.2, 0) is 26.2 Å². The summed E-state index contributed by atoms with van der Waals surface area (Å²) in [6.07, 6.45) is 0.304. The van der Waals surface area contributed by atoms with Gasteiger partial charge in [-0.05, 0) is 54.4 Å². The number of anilines is 1. The number of benzene rings is 3. The fraction of sp³-hybridized carbons (Fsp3) is 0.259. The number of sulfonamides is 1. The van der Waals surface area contributed by atoms with E-state index in [-0.39, 0.29) is 33.1 Å². The first kappa shape index (κ1) is 29.3. The summed E-state index contributed by atoms with van der Waals surface area (Å²) < 4.78 is 33.8. The van der Waals surface area contributed by atoms with Crippen molar-refractivity contribution in [1.29, 1.82) is 0 Å². The minimum absolute atomic E-state index is 0.0264. The molecule has 0 unspecified atom stereocenters. The highest BCUT2D eigenvalue weighted by Crippen LogP contribution is 2.33. The molecule has 0 bridgehead atoms. The minimum Gasteiger partial charge on any atom is -0.497 e. The molecule has 0 aliphatic rings. The van der Waals surface area contributed by atoms with Gasteiger partial charge in [0.15, 0.2) is 0 Å². The molecule has 0 heterocycles. The van der Waals surface area contributed by atoms with Crippen molar-refractivity contribution in [1.82, 2.24) is 10.2 Å². The van der Waals surface area contributed by atoms with Crippen LogP contribution in [0, 0.1) is 0 Å². The number of ether oxygens (including phenoxy) is 1. The molecule has 3 rings (SSSR count). The Labute approximate surface area is 233 Å². The van der Waals surface area contributed by atoms with Gasteiger partial charge in [0.1, 0.15) is 18.3 Å². The zero-order valence-corrected chi connectivity index (χ0v) is 23.6. The number of carbonyl (C=O) groups excluding carboxylic acids is 2. The zero-order valence-electron chi connectivity index (χ0n) is 21.2. The van der Waals surface area contributed by atoms with Gasteiger partial charge < -0.3 is 15.0 Å². The normalized spacial score (nSPS) is 11.9. The first-order valence-electron chi connectivity index (χ1n) is 11.8. The van der Waals surface area contributed by atoms with Crippen molar-refractivity contribution in [3.8, 4) is 5.75 Å². The number of hydrogen-bond acceptors (Lipinski definition) is 5. The van der Waals surface area contributed by atoms with Gasteiger partial charge in [0.2, 0.25) is 11.8 Å². The summed E-state index contributed by atoms with van der Waals surface area (Å²) in [5.74, 6) is -0.386. The topological polar surface area (TPSA) is 96.0 Å². The fourth-order valence-corrected chi connectivity index (χ4v) is 5.85. The van der Waals surface area contributed by atoms with Crippen LogP contribution >= 0.6 is 23.2 Å². The minimum atomic E-state index is -4.24. The first-order valence-corrected chi connectivity index (χ1v) is 14.0. The summed E-state index contributed by atoms with van der Waals surface area (Å²) in [4.78, 5) is 28.0. The van der Waals surface area contributed by atoms with Crippen LogP contribution in [0.3, 0.4) is 0 Å². The standard InChI is InChI=1S/C27H29Cl2N3O5S/c1-4-24(27(34)30-2)31(17-19-9-8-10-21(15-19)37-3)26(33)18-32(25-16-20(28)13-14-23(25)29)38(35,36)22-11-6-5-7-12-22/h5-16,24H,4,17-18H2,1-3H3,(H,30,34)/t24-/m1/s1. The molecule has 202 valence electrons. The molecule has 8 nitrogen and oxygen atoms in total. The summed E-state index contributed by atoms with van der Waals surface area (Å²) in [7, 11) is -1.23. The Kier molecular flexibility index (Phi) is 10.0. The van der Waals surface area contributed by atoms with E-state index >= 15 is 0 Å². The molecule has 1 N–H and O–H groups in total. The molecule has 38 heavy (non-hydrogen) atoms. The van der Waals surface area contributed by atoms with Gasteiger partial charge in [0.05, 0.1) is 22.7 Å². The Morgan fingerprint density at radius 3 is 2.34 bits per heavy atom. The monoisotopic (exact) mass is 577 g/mol. The predicted molar refractivity (Wildman–Crippen MR) is 149 cm³/mol. The molecule has 2 amide bonds. The molecule has 0 aliphatic heterocycles. The van der Waals surface area contributed by atoms with E-state index in [1.54, 1.807) is 49.4 Å². The first-order chi connectivity index (χ1) is 18.1. The van der Waals surface area contributed by atoms with Crippen LogP contribution in [0.25, 0.3) is 0 Å². The molecule has 0 radical (unpaired) electrons. The molecule has 0 saturated carbocycles. The van der Waals surface area contributed by atoms with E-state index in [4.69, 9.17) is 27.9 Å². The van der Waals surface area contributed by atoms with Crippen LogP contribution in [-0.4, -0.2) is 51.9 Å². The van der Waals surface area contributed by atoms with Crippen molar-refractivity contribution in [3.63, 3.8) is 0 Å². The molecule has 0 spiro atoms. The molecule has 11 heteroatoms. The summed E-state index contributed by atoms with van der Waals surface area (Å²) in [5, 5.41) is 2.93. The molecule has 0 aliphatic carbocycles. The Hall–Kier alpha value is -3.27. The summed E-state index contributed by atoms with van der Waals surface area (Å²) >= 11 is 12.6. The molecular weight excluding hydrogens is 549 g/mol. The lowest BCUT2D eigenvalue weighted by molar-refractivity contribution is -0.140. The van der Waals surface area contributed by atoms with Gasteiger partial charge in [-0.1, -0.05) is 60.5 Å². The van der Waals surface area contributed by atoms with Crippen LogP contribution in [0.5, 0.6) is 5.75 Å². The van der Waals surface area contributed by atoms with Gasteiger partial charge in [-0.25, -0.2) is 8.42 Å². The van der Waals surface area contributed by atoms with Crippen molar-refractivity contribution in [2.75, 3.05) is 25.0 Å². The van der Waals surface area contributed by atoms with Crippen molar-refractivity contribution in [3.05, 3.63) is 88.4 Å². The number of methoxy groups -OCH3 is 1. The van der Waals surface area contributed by atoms with Gasteiger partial charge in [-0.15, -0.1) is 0 Å². The summed E-state index contributed by atoms with van der Waals surface area (Å²) in [6, 6.07) is 18.3. The second-order valence-electron chi connectivity index (χ2n) is 8.33. The Balaban J connectivity index is 2.09. The van der Waals surface area contributed by atoms with E-state index in [1.165, 1.54) is 49.4 Å². The van der Waals surface area contributed by atoms with E-state index in [9.17, 15) is 18.0 Å². The summed E-state index contributed by atoms with van der Waals surface area (Å²) in [6.45, 7) is 1.21. The van der Waals surface area contributed by atoms with Crippen molar-refractivity contribution >= 4 is 50.7 Å². The van der Waals surface area contributed by atoms with E-state index in [0.29, 0.717) is 17.7 Å². The van der Waals surface area contributed by atoms with E-state index in [2.05, 4.69) is 5.32 Å². The maximum Gasteiger partial charge on any atom is 0.264 e. The largest absolute Gasteiger partial charge is 0.497 e. The van der Waals surface area contributed by atoms with Crippen LogP contribution in [0.4, 0.5) is 5.69 Å². The predicted octanol–water partition coefficient (Wildman–Crippen LogP) is 4.75. The van der Waals surface area contributed by atoms with Gasteiger partial charge in [-0.2, -0.15) is 0 Å². The third-order valence-corrected chi connectivity index (χ3v) is 8.23. The molecule has 0 saturated heterocycles. The third-order valence-electron chi connectivity index (χ3n) is 5.91. The van der Waals surface area contributed by atoms with E-state index in [1.807, 2.05) is 0 Å². The lowest BCUT2D eigenvalue weighted by Crippen LogP contribution is -2.51. The smallest absolute Gasteiger partial charge is 0.264 e. The lowest BCUT2D eigenvalue weighted by Gasteiger charge is -2.33. The maximum atomic E-state index is 13.9. The third kappa shape index (κ3) is 6.78. The number of nitrogens with zero attached hydrogens (tertiary/aromatic N) is 2. The van der Waals surface area contributed by atoms with E-state index < -0.39 is 28.5 Å². The molecular formula is C27H29Cl2N3O5S. The number of hydrogen-bond donors (Lipinski definition) is 1. The lowest BCUT2D eigenvalue weighted by atomic mass is 10.1. The number of nitrogens with one attached hydrogen (secondary N) is 1. The van der Waals surface area contributed by atoms with E-state index in [0.717, 1.165) is 4.31 Å². The Bertz CT molecular complexity index is 1390. The van der Waals surface area contributed by atoms with Gasteiger partial charge >= 0.3 is 0 Å². The highest BCUT2D eigenvalue weighted by atomic mass is 35.5. The average Bonchev–Trinajstić information content (AvgIpc) is 2.93. The SMILES string of the molecule is CC[C@H](C(=O)NC)N(Cc1cccc(OC)c1)C(=O)CN(c1cc(Cl)ccc1Cl)S(=O)(=O)c1ccccc1. The highest BCUT2D eigenvalue weighted by molar-refractivity contribution is 7.92.